The molecule has 0 saturated heterocycles. The largest absolute Gasteiger partial charge is 0.490 e. The molecule has 0 unspecified atom stereocenters. The number of sulfonamides is 1. The Morgan fingerprint density at radius 3 is 2.44 bits per heavy atom. The molecule has 8 nitrogen and oxygen atoms in total. The number of nitrogens with one attached hydrogen (secondary N) is 1. The zero-order chi connectivity index (χ0) is 26.0. The SMILES string of the molecule is C=CCOc1ccc(/C=N/NC(=O)CN(c2ccc(F)cc2)S(=O)(=O)c2ccccc2)cc1OCC. The summed E-state index contributed by atoms with van der Waals surface area (Å²) in [6.45, 7) is 5.63. The Bertz CT molecular complexity index is 1310. The van der Waals surface area contributed by atoms with Crippen LogP contribution in [0, 0.1) is 5.82 Å². The molecule has 3 rings (SSSR count). The summed E-state index contributed by atoms with van der Waals surface area (Å²) in [6, 6.07) is 17.6. The molecule has 0 atom stereocenters. The number of ether oxygens (including phenoxy) is 2. The number of nitrogens with zero attached hydrogens (tertiary/aromatic N) is 2. The zero-order valence-electron chi connectivity index (χ0n) is 19.6. The molecule has 36 heavy (non-hydrogen) atoms. The highest BCUT2D eigenvalue weighted by Crippen LogP contribution is 2.28. The van der Waals surface area contributed by atoms with Crippen molar-refractivity contribution in [2.24, 2.45) is 5.10 Å². The third-order valence-electron chi connectivity index (χ3n) is 4.76. The van der Waals surface area contributed by atoms with E-state index >= 15 is 0 Å². The topological polar surface area (TPSA) is 97.3 Å². The predicted octanol–water partition coefficient (Wildman–Crippen LogP) is 4.13. The van der Waals surface area contributed by atoms with Crippen molar-refractivity contribution >= 4 is 27.8 Å². The molecule has 0 aliphatic rings. The van der Waals surface area contributed by atoms with E-state index in [2.05, 4.69) is 17.1 Å². The summed E-state index contributed by atoms with van der Waals surface area (Å²) >= 11 is 0. The Kier molecular flexibility index (Phi) is 9.18. The zero-order valence-corrected chi connectivity index (χ0v) is 20.4. The number of carbonyl (C=O) groups excluding carboxylic acids is 1. The maximum absolute atomic E-state index is 13.4. The van der Waals surface area contributed by atoms with Gasteiger partial charge in [0.25, 0.3) is 15.9 Å². The third kappa shape index (κ3) is 6.92. The summed E-state index contributed by atoms with van der Waals surface area (Å²) in [5.41, 5.74) is 3.09. The van der Waals surface area contributed by atoms with Gasteiger partial charge in [-0.1, -0.05) is 30.9 Å². The minimum Gasteiger partial charge on any atom is -0.490 e. The number of amides is 1. The lowest BCUT2D eigenvalue weighted by Gasteiger charge is -2.23. The fraction of sp³-hybridized carbons (Fsp3) is 0.154. The lowest BCUT2D eigenvalue weighted by atomic mass is 10.2. The van der Waals surface area contributed by atoms with Crippen molar-refractivity contribution in [3.63, 3.8) is 0 Å². The van der Waals surface area contributed by atoms with Crippen LogP contribution in [0.15, 0.2) is 95.4 Å². The Morgan fingerprint density at radius 1 is 1.06 bits per heavy atom. The number of hydrogen-bond donors (Lipinski definition) is 1. The highest BCUT2D eigenvalue weighted by Gasteiger charge is 2.27. The van der Waals surface area contributed by atoms with Crippen molar-refractivity contribution in [3.8, 4) is 11.5 Å². The summed E-state index contributed by atoms with van der Waals surface area (Å²) < 4.78 is 51.9. The molecule has 0 radical (unpaired) electrons. The Balaban J connectivity index is 1.77. The minimum atomic E-state index is -4.10. The van der Waals surface area contributed by atoms with Crippen LogP contribution < -0.4 is 19.2 Å². The van der Waals surface area contributed by atoms with Crippen molar-refractivity contribution in [2.75, 3.05) is 24.1 Å². The van der Waals surface area contributed by atoms with Crippen molar-refractivity contribution in [1.29, 1.82) is 0 Å². The van der Waals surface area contributed by atoms with Gasteiger partial charge in [0.1, 0.15) is 19.0 Å². The first-order chi connectivity index (χ1) is 17.3. The second-order valence-corrected chi connectivity index (χ2v) is 9.20. The molecule has 0 bridgehead atoms. The van der Waals surface area contributed by atoms with Crippen LogP contribution in [0.4, 0.5) is 10.1 Å². The number of anilines is 1. The van der Waals surface area contributed by atoms with Crippen LogP contribution in [0.2, 0.25) is 0 Å². The molecule has 0 saturated carbocycles. The first kappa shape index (κ1) is 26.4. The van der Waals surface area contributed by atoms with Crippen molar-refractivity contribution in [1.82, 2.24) is 5.43 Å². The molecule has 0 aliphatic heterocycles. The summed E-state index contributed by atoms with van der Waals surface area (Å²) in [4.78, 5) is 12.6. The molecule has 0 fully saturated rings. The van der Waals surface area contributed by atoms with Crippen LogP contribution in [0.1, 0.15) is 12.5 Å². The number of carbonyl (C=O) groups is 1. The molecule has 0 heterocycles. The molecular weight excluding hydrogens is 485 g/mol. The first-order valence-electron chi connectivity index (χ1n) is 11.0. The number of hydrazone groups is 1. The third-order valence-corrected chi connectivity index (χ3v) is 6.55. The van der Waals surface area contributed by atoms with E-state index in [1.54, 1.807) is 42.5 Å². The quantitative estimate of drug-likeness (QED) is 0.224. The highest BCUT2D eigenvalue weighted by molar-refractivity contribution is 7.92. The Morgan fingerprint density at radius 2 is 1.78 bits per heavy atom. The highest BCUT2D eigenvalue weighted by atomic mass is 32.2. The maximum Gasteiger partial charge on any atom is 0.264 e. The van der Waals surface area contributed by atoms with Gasteiger partial charge in [0.2, 0.25) is 0 Å². The molecular formula is C26H26FN3O5S. The Hall–Kier alpha value is -4.18. The van der Waals surface area contributed by atoms with Gasteiger partial charge in [-0.25, -0.2) is 18.2 Å². The van der Waals surface area contributed by atoms with Crippen LogP contribution in [-0.2, 0) is 14.8 Å². The van der Waals surface area contributed by atoms with Gasteiger partial charge in [0, 0.05) is 0 Å². The van der Waals surface area contributed by atoms with Crippen LogP contribution in [0.5, 0.6) is 11.5 Å². The fourth-order valence-electron chi connectivity index (χ4n) is 3.13. The smallest absolute Gasteiger partial charge is 0.264 e. The average molecular weight is 512 g/mol. The lowest BCUT2D eigenvalue weighted by molar-refractivity contribution is -0.119. The maximum atomic E-state index is 13.4. The molecule has 10 heteroatoms. The monoisotopic (exact) mass is 511 g/mol. The first-order valence-corrected chi connectivity index (χ1v) is 12.4. The van der Waals surface area contributed by atoms with Gasteiger partial charge >= 0.3 is 0 Å². The Labute approximate surface area is 209 Å². The van der Waals surface area contributed by atoms with Gasteiger partial charge in [-0.05, 0) is 67.1 Å². The average Bonchev–Trinajstić information content (AvgIpc) is 2.88. The molecule has 0 spiro atoms. The van der Waals surface area contributed by atoms with Gasteiger partial charge in [0.15, 0.2) is 11.5 Å². The van der Waals surface area contributed by atoms with E-state index < -0.39 is 28.3 Å². The van der Waals surface area contributed by atoms with E-state index in [1.165, 1.54) is 30.5 Å². The lowest BCUT2D eigenvalue weighted by Crippen LogP contribution is -2.39. The molecule has 188 valence electrons. The number of halogens is 1. The van der Waals surface area contributed by atoms with E-state index in [0.29, 0.717) is 30.3 Å². The van der Waals surface area contributed by atoms with Crippen molar-refractivity contribution in [2.45, 2.75) is 11.8 Å². The molecule has 1 N–H and O–H groups in total. The van der Waals surface area contributed by atoms with Crippen LogP contribution >= 0.6 is 0 Å². The molecule has 3 aromatic carbocycles. The molecule has 3 aromatic rings. The molecule has 1 amide bonds. The van der Waals surface area contributed by atoms with E-state index in [-0.39, 0.29) is 10.6 Å². The number of benzene rings is 3. The van der Waals surface area contributed by atoms with Gasteiger partial charge in [-0.2, -0.15) is 5.10 Å². The second-order valence-electron chi connectivity index (χ2n) is 7.33. The fourth-order valence-corrected chi connectivity index (χ4v) is 4.57. The summed E-state index contributed by atoms with van der Waals surface area (Å²) in [7, 11) is -4.10. The standard InChI is InChI=1S/C26H26FN3O5S/c1-3-16-35-24-15-10-20(17-25(24)34-4-2)18-28-29-26(31)19-30(22-13-11-21(27)12-14-22)36(32,33)23-8-6-5-7-9-23/h3,5-15,17-18H,1,4,16,19H2,2H3,(H,29,31)/b28-18+. The molecule has 0 aromatic heterocycles. The van der Waals surface area contributed by atoms with Gasteiger partial charge in [-0.15, -0.1) is 0 Å². The number of rotatable bonds is 12. The van der Waals surface area contributed by atoms with Crippen LogP contribution in [-0.4, -0.2) is 40.3 Å². The second kappa shape index (κ2) is 12.5. The van der Waals surface area contributed by atoms with Crippen molar-refractivity contribution < 1.29 is 27.1 Å². The van der Waals surface area contributed by atoms with Crippen molar-refractivity contribution in [3.05, 3.63) is 96.8 Å². The van der Waals surface area contributed by atoms with E-state index in [0.717, 1.165) is 16.4 Å². The summed E-state index contributed by atoms with van der Waals surface area (Å²) in [6.07, 6.45) is 3.01. The van der Waals surface area contributed by atoms with E-state index in [9.17, 15) is 17.6 Å². The normalized spacial score (nSPS) is 11.2. The van der Waals surface area contributed by atoms with Gasteiger partial charge < -0.3 is 9.47 Å². The number of hydrogen-bond acceptors (Lipinski definition) is 6. The summed E-state index contributed by atoms with van der Waals surface area (Å²) in [5, 5.41) is 3.93. The minimum absolute atomic E-state index is 0.00663. The van der Waals surface area contributed by atoms with Crippen LogP contribution in [0.3, 0.4) is 0 Å². The predicted molar refractivity (Wildman–Crippen MR) is 136 cm³/mol. The summed E-state index contributed by atoms with van der Waals surface area (Å²) in [5.74, 6) is -0.173. The van der Waals surface area contributed by atoms with Crippen LogP contribution in [0.25, 0.3) is 0 Å². The van der Waals surface area contributed by atoms with Gasteiger partial charge in [0.05, 0.1) is 23.4 Å². The van der Waals surface area contributed by atoms with E-state index in [1.807, 2.05) is 6.92 Å². The van der Waals surface area contributed by atoms with Gasteiger partial charge in [-0.3, -0.25) is 9.10 Å². The molecule has 0 aliphatic carbocycles. The van der Waals surface area contributed by atoms with E-state index in [4.69, 9.17) is 9.47 Å².